The van der Waals surface area contributed by atoms with Gasteiger partial charge >= 0.3 is 0 Å². The van der Waals surface area contributed by atoms with Crippen molar-refractivity contribution >= 4 is 28.1 Å². The van der Waals surface area contributed by atoms with Crippen molar-refractivity contribution in [2.75, 3.05) is 11.9 Å². The fourth-order valence-electron chi connectivity index (χ4n) is 2.10. The maximum absolute atomic E-state index is 10.7. The topological polar surface area (TPSA) is 108 Å². The first-order chi connectivity index (χ1) is 11.0. The van der Waals surface area contributed by atoms with Gasteiger partial charge in [0, 0.05) is 23.4 Å². The van der Waals surface area contributed by atoms with Crippen molar-refractivity contribution in [2.45, 2.75) is 26.2 Å². The van der Waals surface area contributed by atoms with Gasteiger partial charge < -0.3 is 15.2 Å². The molecule has 7 nitrogen and oxygen atoms in total. The zero-order valence-electron chi connectivity index (χ0n) is 12.6. The number of nitrogens with zero attached hydrogens (tertiary/aromatic N) is 2. The molecule has 0 amide bonds. The molecule has 0 fully saturated rings. The van der Waals surface area contributed by atoms with E-state index < -0.39 is 10.9 Å². The highest BCUT2D eigenvalue weighted by atomic mass is 32.1. The Morgan fingerprint density at radius 1 is 1.35 bits per heavy atom. The monoisotopic (exact) mass is 334 g/mol. The number of thiazole rings is 1. The van der Waals surface area contributed by atoms with E-state index in [-0.39, 0.29) is 12.2 Å². The van der Waals surface area contributed by atoms with E-state index in [0.29, 0.717) is 11.6 Å². The molecule has 0 saturated heterocycles. The molecule has 8 heteroatoms. The van der Waals surface area contributed by atoms with Gasteiger partial charge in [-0.3, -0.25) is 10.1 Å². The third kappa shape index (κ3) is 4.75. The van der Waals surface area contributed by atoms with Crippen LogP contribution in [0.4, 0.5) is 10.8 Å². The number of nitro benzene ring substituents is 1. The van der Waals surface area contributed by atoms with Gasteiger partial charge in [0.25, 0.3) is 5.69 Å². The largest absolute Gasteiger partial charge is 0.548 e. The van der Waals surface area contributed by atoms with Gasteiger partial charge in [-0.25, -0.2) is 4.98 Å². The highest BCUT2D eigenvalue weighted by molar-refractivity contribution is 7.15. The van der Waals surface area contributed by atoms with Crippen LogP contribution < -0.4 is 10.4 Å². The second-order valence-electron chi connectivity index (χ2n) is 4.96. The molecular formula is C15H16N3O4S-. The molecule has 0 radical (unpaired) electrons. The maximum atomic E-state index is 10.7. The van der Waals surface area contributed by atoms with Crippen molar-refractivity contribution in [3.8, 4) is 0 Å². The highest BCUT2D eigenvalue weighted by Crippen LogP contribution is 2.27. The molecule has 0 aliphatic rings. The van der Waals surface area contributed by atoms with Crippen LogP contribution in [-0.2, 0) is 17.6 Å². The van der Waals surface area contributed by atoms with Gasteiger partial charge in [0.05, 0.1) is 23.1 Å². The van der Waals surface area contributed by atoms with Gasteiger partial charge in [0.1, 0.15) is 0 Å². The summed E-state index contributed by atoms with van der Waals surface area (Å²) in [5.74, 6) is -1.19. The van der Waals surface area contributed by atoms with Crippen LogP contribution in [0.5, 0.6) is 0 Å². The average molecular weight is 334 g/mol. The van der Waals surface area contributed by atoms with Crippen LogP contribution in [-0.4, -0.2) is 22.4 Å². The van der Waals surface area contributed by atoms with Crippen LogP contribution in [0, 0.1) is 10.1 Å². The minimum absolute atomic E-state index is 0.0585. The number of benzene rings is 1. The van der Waals surface area contributed by atoms with E-state index in [2.05, 4.69) is 10.3 Å². The maximum Gasteiger partial charge on any atom is 0.269 e. The molecule has 122 valence electrons. The summed E-state index contributed by atoms with van der Waals surface area (Å²) in [7, 11) is 0. The Kier molecular flexibility index (Phi) is 5.64. The molecule has 2 rings (SSSR count). The molecule has 0 spiro atoms. The predicted octanol–water partition coefficient (Wildman–Crippen LogP) is 1.76. The molecule has 1 heterocycles. The normalized spacial score (nSPS) is 10.5. The molecule has 1 aromatic carbocycles. The van der Waals surface area contributed by atoms with Gasteiger partial charge in [-0.05, 0) is 12.0 Å². The molecule has 0 aliphatic heterocycles. The Bertz CT molecular complexity index is 697. The minimum Gasteiger partial charge on any atom is -0.548 e. The van der Waals surface area contributed by atoms with Crippen LogP contribution in [0.1, 0.15) is 29.5 Å². The van der Waals surface area contributed by atoms with Crippen molar-refractivity contribution in [1.82, 2.24) is 4.98 Å². The fourth-order valence-corrected chi connectivity index (χ4v) is 3.14. The third-order valence-electron chi connectivity index (χ3n) is 3.16. The molecule has 23 heavy (non-hydrogen) atoms. The number of carboxylic acid groups (broad SMARTS) is 1. The van der Waals surface area contributed by atoms with Crippen LogP contribution in [0.2, 0.25) is 0 Å². The number of hydrogen-bond donors (Lipinski definition) is 1. The van der Waals surface area contributed by atoms with E-state index in [4.69, 9.17) is 0 Å². The Labute approximate surface area is 137 Å². The van der Waals surface area contributed by atoms with Crippen molar-refractivity contribution < 1.29 is 14.8 Å². The SMILES string of the molecule is CCCc1nc(NCC(=O)[O-])sc1Cc1ccc([N+](=O)[O-])cc1. The summed E-state index contributed by atoms with van der Waals surface area (Å²) in [6.45, 7) is 1.76. The number of anilines is 1. The summed E-state index contributed by atoms with van der Waals surface area (Å²) >= 11 is 1.40. The number of nitro groups is 1. The second kappa shape index (κ2) is 7.68. The number of aliphatic carboxylic acids is 1. The average Bonchev–Trinajstić information content (AvgIpc) is 2.88. The third-order valence-corrected chi connectivity index (χ3v) is 4.22. The second-order valence-corrected chi connectivity index (χ2v) is 6.05. The zero-order chi connectivity index (χ0) is 16.8. The number of non-ortho nitro benzene ring substituents is 1. The van der Waals surface area contributed by atoms with E-state index >= 15 is 0 Å². The van der Waals surface area contributed by atoms with Gasteiger partial charge in [-0.2, -0.15) is 0 Å². The summed E-state index contributed by atoms with van der Waals surface area (Å²) < 4.78 is 0. The number of carboxylic acids is 1. The number of carbonyl (C=O) groups excluding carboxylic acids is 1. The van der Waals surface area contributed by atoms with Crippen LogP contribution >= 0.6 is 11.3 Å². The van der Waals surface area contributed by atoms with E-state index in [1.54, 1.807) is 12.1 Å². The lowest BCUT2D eigenvalue weighted by atomic mass is 10.1. The van der Waals surface area contributed by atoms with E-state index in [9.17, 15) is 20.0 Å². The molecule has 1 N–H and O–H groups in total. The van der Waals surface area contributed by atoms with Gasteiger partial charge in [0.2, 0.25) is 0 Å². The summed E-state index contributed by atoms with van der Waals surface area (Å²) in [6, 6.07) is 6.40. The lowest BCUT2D eigenvalue weighted by Crippen LogP contribution is -2.30. The number of rotatable bonds is 8. The van der Waals surface area contributed by atoms with E-state index in [1.807, 2.05) is 6.92 Å². The zero-order valence-corrected chi connectivity index (χ0v) is 13.4. The van der Waals surface area contributed by atoms with Gasteiger partial charge in [-0.15, -0.1) is 11.3 Å². The quantitative estimate of drug-likeness (QED) is 0.582. The molecule has 0 bridgehead atoms. The first-order valence-corrected chi connectivity index (χ1v) is 7.97. The van der Waals surface area contributed by atoms with Crippen LogP contribution in [0.3, 0.4) is 0 Å². The Morgan fingerprint density at radius 3 is 2.61 bits per heavy atom. The number of hydrogen-bond acceptors (Lipinski definition) is 7. The number of aromatic nitrogens is 1. The van der Waals surface area contributed by atoms with E-state index in [0.717, 1.165) is 29.0 Å². The molecule has 2 aromatic rings. The van der Waals surface area contributed by atoms with Gasteiger partial charge in [0.15, 0.2) is 5.13 Å². The Hall–Kier alpha value is -2.48. The molecule has 0 aliphatic carbocycles. The molecular weight excluding hydrogens is 318 g/mol. The van der Waals surface area contributed by atoms with Crippen LogP contribution in [0.15, 0.2) is 24.3 Å². The predicted molar refractivity (Wildman–Crippen MR) is 85.5 cm³/mol. The summed E-state index contributed by atoms with van der Waals surface area (Å²) in [5, 5.41) is 24.5. The van der Waals surface area contributed by atoms with Crippen molar-refractivity contribution in [1.29, 1.82) is 0 Å². The van der Waals surface area contributed by atoms with Gasteiger partial charge in [-0.1, -0.05) is 25.5 Å². The number of nitrogens with one attached hydrogen (secondary N) is 1. The first kappa shape index (κ1) is 16.9. The summed E-state index contributed by atoms with van der Waals surface area (Å²) in [4.78, 5) is 26.2. The van der Waals surface area contributed by atoms with Crippen LogP contribution in [0.25, 0.3) is 0 Å². The molecule has 0 unspecified atom stereocenters. The minimum atomic E-state index is -1.19. The van der Waals surface area contributed by atoms with E-state index in [1.165, 1.54) is 23.5 Å². The number of aryl methyl sites for hydroxylation is 1. The molecule has 1 aromatic heterocycles. The fraction of sp³-hybridized carbons (Fsp3) is 0.333. The van der Waals surface area contributed by atoms with Crippen molar-refractivity contribution in [2.24, 2.45) is 0 Å². The summed E-state index contributed by atoms with van der Waals surface area (Å²) in [5.41, 5.74) is 1.93. The lowest BCUT2D eigenvalue weighted by Gasteiger charge is -2.01. The molecule has 0 saturated carbocycles. The lowest BCUT2D eigenvalue weighted by molar-refractivity contribution is -0.384. The smallest absolute Gasteiger partial charge is 0.269 e. The Balaban J connectivity index is 2.16. The first-order valence-electron chi connectivity index (χ1n) is 7.15. The van der Waals surface area contributed by atoms with Crippen molar-refractivity contribution in [3.05, 3.63) is 50.5 Å². The highest BCUT2D eigenvalue weighted by Gasteiger charge is 2.12. The Morgan fingerprint density at radius 2 is 2.04 bits per heavy atom. The van der Waals surface area contributed by atoms with Crippen molar-refractivity contribution in [3.63, 3.8) is 0 Å². The molecule has 0 atom stereocenters. The standard InChI is InChI=1S/C15H17N3O4S/c1-2-3-12-13(23-15(17-12)16-9-14(19)20)8-10-4-6-11(7-5-10)18(21)22/h4-7H,2-3,8-9H2,1H3,(H,16,17)(H,19,20)/p-1. The number of carbonyl (C=O) groups is 1. The summed E-state index contributed by atoms with van der Waals surface area (Å²) in [6.07, 6.45) is 2.33.